The monoisotopic (exact) mass is 271 g/mol. The van der Waals surface area contributed by atoms with Gasteiger partial charge in [-0.2, -0.15) is 0 Å². The van der Waals surface area contributed by atoms with Gasteiger partial charge in [0.2, 0.25) is 0 Å². The molecule has 1 aromatic heterocycles. The zero-order valence-electron chi connectivity index (χ0n) is 12.3. The molecule has 0 aliphatic carbocycles. The third-order valence-corrected chi connectivity index (χ3v) is 3.17. The number of hydrogen-bond acceptors (Lipinski definition) is 4. The first kappa shape index (κ1) is 14.5. The smallest absolute Gasteiger partial charge is 0.118 e. The van der Waals surface area contributed by atoms with Crippen LogP contribution in [0.1, 0.15) is 23.9 Å². The largest absolute Gasteiger partial charge is 0.497 e. The van der Waals surface area contributed by atoms with Crippen LogP contribution in [0.15, 0.2) is 36.7 Å². The molecule has 0 aliphatic rings. The first-order valence-corrected chi connectivity index (χ1v) is 6.81. The van der Waals surface area contributed by atoms with Crippen LogP contribution in [0.25, 0.3) is 0 Å². The highest BCUT2D eigenvalue weighted by Gasteiger charge is 2.04. The molecule has 0 fully saturated rings. The Bertz CT molecular complexity index is 522. The zero-order valence-corrected chi connectivity index (χ0v) is 12.3. The SMILES string of the molecule is COc1ccc(CC(C)NCc2cnc(C)cn2)cc1. The van der Waals surface area contributed by atoms with Gasteiger partial charge in [0, 0.05) is 25.0 Å². The molecule has 0 saturated carbocycles. The van der Waals surface area contributed by atoms with E-state index < -0.39 is 0 Å². The van der Waals surface area contributed by atoms with Crippen molar-refractivity contribution in [1.82, 2.24) is 15.3 Å². The van der Waals surface area contributed by atoms with Crippen LogP contribution in [-0.2, 0) is 13.0 Å². The Morgan fingerprint density at radius 1 is 1.15 bits per heavy atom. The van der Waals surface area contributed by atoms with E-state index in [1.807, 2.05) is 25.3 Å². The molecule has 4 nitrogen and oxygen atoms in total. The Balaban J connectivity index is 1.82. The Kier molecular flexibility index (Phi) is 5.07. The molecule has 0 saturated heterocycles. The lowest BCUT2D eigenvalue weighted by Crippen LogP contribution is -2.28. The highest BCUT2D eigenvalue weighted by atomic mass is 16.5. The summed E-state index contributed by atoms with van der Waals surface area (Å²) in [6.45, 7) is 4.85. The van der Waals surface area contributed by atoms with E-state index in [1.165, 1.54) is 5.56 Å². The van der Waals surface area contributed by atoms with Crippen LogP contribution in [0.2, 0.25) is 0 Å². The third kappa shape index (κ3) is 4.31. The fourth-order valence-corrected chi connectivity index (χ4v) is 1.98. The Hall–Kier alpha value is -1.94. The molecule has 0 bridgehead atoms. The molecule has 1 aromatic carbocycles. The van der Waals surface area contributed by atoms with Crippen molar-refractivity contribution >= 4 is 0 Å². The summed E-state index contributed by atoms with van der Waals surface area (Å²) in [4.78, 5) is 8.58. The van der Waals surface area contributed by atoms with E-state index in [4.69, 9.17) is 4.74 Å². The minimum absolute atomic E-state index is 0.381. The van der Waals surface area contributed by atoms with Crippen molar-refractivity contribution < 1.29 is 4.74 Å². The summed E-state index contributed by atoms with van der Waals surface area (Å²) in [6.07, 6.45) is 4.59. The van der Waals surface area contributed by atoms with Crippen molar-refractivity contribution in [3.8, 4) is 5.75 Å². The van der Waals surface area contributed by atoms with Gasteiger partial charge in [-0.1, -0.05) is 12.1 Å². The number of methoxy groups -OCH3 is 1. The van der Waals surface area contributed by atoms with Crippen LogP contribution in [0, 0.1) is 6.92 Å². The maximum Gasteiger partial charge on any atom is 0.118 e. The van der Waals surface area contributed by atoms with Crippen LogP contribution in [-0.4, -0.2) is 23.1 Å². The summed E-state index contributed by atoms with van der Waals surface area (Å²) in [6, 6.07) is 8.57. The van der Waals surface area contributed by atoms with Gasteiger partial charge in [0.05, 0.1) is 18.5 Å². The summed E-state index contributed by atoms with van der Waals surface area (Å²) in [5, 5.41) is 3.46. The third-order valence-electron chi connectivity index (χ3n) is 3.17. The highest BCUT2D eigenvalue weighted by Crippen LogP contribution is 2.12. The van der Waals surface area contributed by atoms with Gasteiger partial charge in [-0.15, -0.1) is 0 Å². The van der Waals surface area contributed by atoms with Gasteiger partial charge >= 0.3 is 0 Å². The Morgan fingerprint density at radius 2 is 1.90 bits per heavy atom. The number of nitrogens with zero attached hydrogens (tertiary/aromatic N) is 2. The van der Waals surface area contributed by atoms with Gasteiger partial charge in [0.25, 0.3) is 0 Å². The number of aryl methyl sites for hydroxylation is 1. The molecule has 20 heavy (non-hydrogen) atoms. The van der Waals surface area contributed by atoms with E-state index in [0.717, 1.165) is 30.1 Å². The second kappa shape index (κ2) is 7.01. The molecule has 1 N–H and O–H groups in total. The van der Waals surface area contributed by atoms with Crippen LogP contribution in [0.5, 0.6) is 5.75 Å². The van der Waals surface area contributed by atoms with E-state index in [1.54, 1.807) is 13.3 Å². The van der Waals surface area contributed by atoms with Gasteiger partial charge < -0.3 is 10.1 Å². The van der Waals surface area contributed by atoms with Gasteiger partial charge in [-0.05, 0) is 38.0 Å². The fourth-order valence-electron chi connectivity index (χ4n) is 1.98. The molecular weight excluding hydrogens is 250 g/mol. The average Bonchev–Trinajstić information content (AvgIpc) is 2.47. The van der Waals surface area contributed by atoms with Crippen molar-refractivity contribution in [3.05, 3.63) is 53.6 Å². The lowest BCUT2D eigenvalue weighted by molar-refractivity contribution is 0.414. The highest BCUT2D eigenvalue weighted by molar-refractivity contribution is 5.27. The van der Waals surface area contributed by atoms with Crippen LogP contribution < -0.4 is 10.1 Å². The average molecular weight is 271 g/mol. The lowest BCUT2D eigenvalue weighted by Gasteiger charge is -2.13. The van der Waals surface area contributed by atoms with Crippen LogP contribution in [0.3, 0.4) is 0 Å². The molecule has 0 amide bonds. The maximum absolute atomic E-state index is 5.16. The molecule has 0 aliphatic heterocycles. The summed E-state index contributed by atoms with van der Waals surface area (Å²) < 4.78 is 5.16. The topological polar surface area (TPSA) is 47.0 Å². The van der Waals surface area contributed by atoms with E-state index in [2.05, 4.69) is 34.3 Å². The number of hydrogen-bond donors (Lipinski definition) is 1. The quantitative estimate of drug-likeness (QED) is 0.877. The molecule has 2 aromatic rings. The number of aromatic nitrogens is 2. The minimum atomic E-state index is 0.381. The summed E-state index contributed by atoms with van der Waals surface area (Å²) in [5.74, 6) is 0.893. The van der Waals surface area contributed by atoms with E-state index in [-0.39, 0.29) is 0 Å². The summed E-state index contributed by atoms with van der Waals surface area (Å²) in [7, 11) is 1.68. The molecule has 1 unspecified atom stereocenters. The predicted molar refractivity (Wildman–Crippen MR) is 79.8 cm³/mol. The number of benzene rings is 1. The predicted octanol–water partition coefficient (Wildman–Crippen LogP) is 2.51. The van der Waals surface area contributed by atoms with E-state index in [0.29, 0.717) is 6.04 Å². The van der Waals surface area contributed by atoms with Gasteiger partial charge in [-0.25, -0.2) is 0 Å². The van der Waals surface area contributed by atoms with Gasteiger partial charge in [0.15, 0.2) is 0 Å². The second-order valence-electron chi connectivity index (χ2n) is 4.98. The van der Waals surface area contributed by atoms with Crippen molar-refractivity contribution in [1.29, 1.82) is 0 Å². The number of nitrogens with one attached hydrogen (secondary N) is 1. The van der Waals surface area contributed by atoms with Gasteiger partial charge in [-0.3, -0.25) is 9.97 Å². The molecule has 4 heteroatoms. The Labute approximate surface area is 120 Å². The number of ether oxygens (including phenoxy) is 1. The maximum atomic E-state index is 5.16. The van der Waals surface area contributed by atoms with Crippen molar-refractivity contribution in [2.45, 2.75) is 32.9 Å². The van der Waals surface area contributed by atoms with Gasteiger partial charge in [0.1, 0.15) is 5.75 Å². The van der Waals surface area contributed by atoms with Crippen LogP contribution >= 0.6 is 0 Å². The second-order valence-corrected chi connectivity index (χ2v) is 4.98. The molecule has 1 heterocycles. The summed E-state index contributed by atoms with van der Waals surface area (Å²) in [5.41, 5.74) is 3.21. The molecule has 2 rings (SSSR count). The van der Waals surface area contributed by atoms with Crippen LogP contribution in [0.4, 0.5) is 0 Å². The van der Waals surface area contributed by atoms with Crippen molar-refractivity contribution in [2.75, 3.05) is 7.11 Å². The Morgan fingerprint density at radius 3 is 2.50 bits per heavy atom. The summed E-state index contributed by atoms with van der Waals surface area (Å²) >= 11 is 0. The fraction of sp³-hybridized carbons (Fsp3) is 0.375. The normalized spacial score (nSPS) is 12.2. The van der Waals surface area contributed by atoms with E-state index >= 15 is 0 Å². The zero-order chi connectivity index (χ0) is 14.4. The van der Waals surface area contributed by atoms with E-state index in [9.17, 15) is 0 Å². The standard InChI is InChI=1S/C16H21N3O/c1-12(8-14-4-6-16(20-3)7-5-14)17-10-15-11-18-13(2)9-19-15/h4-7,9,11-12,17H,8,10H2,1-3H3. The lowest BCUT2D eigenvalue weighted by atomic mass is 10.1. The number of rotatable bonds is 6. The molecule has 0 radical (unpaired) electrons. The minimum Gasteiger partial charge on any atom is -0.497 e. The van der Waals surface area contributed by atoms with Crippen molar-refractivity contribution in [2.24, 2.45) is 0 Å². The molecule has 106 valence electrons. The molecule has 1 atom stereocenters. The molecular formula is C16H21N3O. The first-order valence-electron chi connectivity index (χ1n) is 6.81. The van der Waals surface area contributed by atoms with Crippen molar-refractivity contribution in [3.63, 3.8) is 0 Å². The molecule has 0 spiro atoms. The first-order chi connectivity index (χ1) is 9.67.